The van der Waals surface area contributed by atoms with Crippen molar-refractivity contribution in [2.75, 3.05) is 13.1 Å². The van der Waals surface area contributed by atoms with E-state index in [0.717, 1.165) is 20.0 Å². The minimum absolute atomic E-state index is 0.833. The lowest BCUT2D eigenvalue weighted by atomic mass is 10.3. The van der Waals surface area contributed by atoms with Crippen molar-refractivity contribution >= 4 is 5.97 Å². The number of hydrogen-bond acceptors (Lipinski definition) is 2. The monoisotopic (exact) mass is 173 g/mol. The Morgan fingerprint density at radius 3 is 2.50 bits per heavy atom. The molecule has 0 fully saturated rings. The molecule has 0 bridgehead atoms. The molecule has 0 aliphatic rings. The molecule has 3 nitrogen and oxygen atoms in total. The lowest BCUT2D eigenvalue weighted by Gasteiger charge is -1.96. The Balaban J connectivity index is 0. The topological polar surface area (TPSA) is 49.3 Å². The smallest absolute Gasteiger partial charge is 0.300 e. The van der Waals surface area contributed by atoms with Crippen LogP contribution in [0.15, 0.2) is 12.7 Å². The van der Waals surface area contributed by atoms with Crippen LogP contribution in [0.1, 0.15) is 26.7 Å². The molecule has 0 aromatic rings. The second-order valence-electron chi connectivity index (χ2n) is 2.37. The average Bonchev–Trinajstić information content (AvgIpc) is 1.97. The van der Waals surface area contributed by atoms with Gasteiger partial charge in [-0.25, -0.2) is 0 Å². The van der Waals surface area contributed by atoms with Crippen molar-refractivity contribution in [1.29, 1.82) is 0 Å². The standard InChI is InChI=1S/C7H15N.C2H4O2/c1-3-5-7-8-6-4-2;1-2(3)4/h4,8H,2-3,5-7H2,1H3;1H3,(H,3,4). The van der Waals surface area contributed by atoms with Crippen LogP contribution in [0.4, 0.5) is 0 Å². The van der Waals surface area contributed by atoms with Crippen LogP contribution in [-0.4, -0.2) is 24.2 Å². The average molecular weight is 173 g/mol. The normalized spacial score (nSPS) is 8.17. The Bertz CT molecular complexity index is 109. The highest BCUT2D eigenvalue weighted by atomic mass is 16.4. The van der Waals surface area contributed by atoms with Crippen LogP contribution in [0.2, 0.25) is 0 Å². The summed E-state index contributed by atoms with van der Waals surface area (Å²) in [6.45, 7) is 8.94. The van der Waals surface area contributed by atoms with E-state index in [2.05, 4.69) is 18.8 Å². The van der Waals surface area contributed by atoms with E-state index in [1.54, 1.807) is 0 Å². The number of carboxylic acids is 1. The minimum Gasteiger partial charge on any atom is -0.481 e. The molecule has 0 saturated carbocycles. The first-order chi connectivity index (χ1) is 5.65. The number of unbranched alkanes of at least 4 members (excludes halogenated alkanes) is 1. The molecule has 12 heavy (non-hydrogen) atoms. The van der Waals surface area contributed by atoms with E-state index in [1.165, 1.54) is 12.8 Å². The van der Waals surface area contributed by atoms with Crippen LogP contribution in [-0.2, 0) is 4.79 Å². The molecule has 0 atom stereocenters. The Hall–Kier alpha value is -0.830. The zero-order valence-electron chi connectivity index (χ0n) is 7.97. The molecule has 0 aliphatic carbocycles. The maximum Gasteiger partial charge on any atom is 0.300 e. The van der Waals surface area contributed by atoms with Gasteiger partial charge in [0.1, 0.15) is 0 Å². The SMILES string of the molecule is C=CCNCCCC.CC(=O)O. The van der Waals surface area contributed by atoms with Crippen molar-refractivity contribution in [2.24, 2.45) is 0 Å². The number of carboxylic acid groups (broad SMARTS) is 1. The molecule has 0 amide bonds. The van der Waals surface area contributed by atoms with Crippen molar-refractivity contribution in [3.8, 4) is 0 Å². The number of carbonyl (C=O) groups is 1. The fourth-order valence-corrected chi connectivity index (χ4v) is 0.506. The Morgan fingerprint density at radius 1 is 1.67 bits per heavy atom. The van der Waals surface area contributed by atoms with Gasteiger partial charge in [-0.1, -0.05) is 19.4 Å². The van der Waals surface area contributed by atoms with E-state index in [-0.39, 0.29) is 0 Å². The van der Waals surface area contributed by atoms with Gasteiger partial charge in [-0.15, -0.1) is 6.58 Å². The van der Waals surface area contributed by atoms with Crippen molar-refractivity contribution in [2.45, 2.75) is 26.7 Å². The quantitative estimate of drug-likeness (QED) is 0.491. The largest absolute Gasteiger partial charge is 0.481 e. The van der Waals surface area contributed by atoms with Gasteiger partial charge >= 0.3 is 0 Å². The number of nitrogens with one attached hydrogen (secondary N) is 1. The van der Waals surface area contributed by atoms with E-state index in [0.29, 0.717) is 0 Å². The molecule has 0 spiro atoms. The molecule has 0 radical (unpaired) electrons. The zero-order valence-corrected chi connectivity index (χ0v) is 7.97. The first-order valence-electron chi connectivity index (χ1n) is 4.16. The third-order valence-electron chi connectivity index (χ3n) is 0.996. The van der Waals surface area contributed by atoms with Crippen molar-refractivity contribution < 1.29 is 9.90 Å². The maximum absolute atomic E-state index is 9.00. The van der Waals surface area contributed by atoms with E-state index in [1.807, 2.05) is 6.08 Å². The summed E-state index contributed by atoms with van der Waals surface area (Å²) in [5, 5.41) is 10.6. The van der Waals surface area contributed by atoms with Gasteiger partial charge in [0.15, 0.2) is 0 Å². The zero-order chi connectivity index (χ0) is 9.82. The maximum atomic E-state index is 9.00. The highest BCUT2D eigenvalue weighted by Gasteiger charge is 1.78. The van der Waals surface area contributed by atoms with Gasteiger partial charge in [0.2, 0.25) is 0 Å². The summed E-state index contributed by atoms with van der Waals surface area (Å²) >= 11 is 0. The predicted octanol–water partition coefficient (Wildman–Crippen LogP) is 1.65. The van der Waals surface area contributed by atoms with E-state index < -0.39 is 5.97 Å². The Labute approximate surface area is 74.5 Å². The summed E-state index contributed by atoms with van der Waals surface area (Å²) < 4.78 is 0. The molecule has 0 aromatic carbocycles. The van der Waals surface area contributed by atoms with Crippen LogP contribution >= 0.6 is 0 Å². The van der Waals surface area contributed by atoms with Crippen molar-refractivity contribution in [3.63, 3.8) is 0 Å². The molecule has 72 valence electrons. The molecule has 0 aliphatic heterocycles. The third-order valence-corrected chi connectivity index (χ3v) is 0.996. The number of aliphatic carboxylic acids is 1. The van der Waals surface area contributed by atoms with Crippen molar-refractivity contribution in [3.05, 3.63) is 12.7 Å². The molecule has 0 unspecified atom stereocenters. The van der Waals surface area contributed by atoms with Gasteiger partial charge in [-0.3, -0.25) is 4.79 Å². The van der Waals surface area contributed by atoms with Gasteiger partial charge in [0, 0.05) is 13.5 Å². The summed E-state index contributed by atoms with van der Waals surface area (Å²) in [5.74, 6) is -0.833. The molecule has 0 saturated heterocycles. The summed E-state index contributed by atoms with van der Waals surface area (Å²) in [4.78, 5) is 9.00. The van der Waals surface area contributed by atoms with Crippen LogP contribution < -0.4 is 5.32 Å². The number of rotatable bonds is 5. The molecule has 0 aromatic heterocycles. The van der Waals surface area contributed by atoms with Gasteiger partial charge in [-0.2, -0.15) is 0 Å². The van der Waals surface area contributed by atoms with Crippen LogP contribution in [0, 0.1) is 0 Å². The van der Waals surface area contributed by atoms with Gasteiger partial charge in [-0.05, 0) is 13.0 Å². The lowest BCUT2D eigenvalue weighted by molar-refractivity contribution is -0.134. The molecule has 3 heteroatoms. The van der Waals surface area contributed by atoms with Crippen LogP contribution in [0.3, 0.4) is 0 Å². The summed E-state index contributed by atoms with van der Waals surface area (Å²) in [6.07, 6.45) is 4.42. The van der Waals surface area contributed by atoms with Gasteiger partial charge in [0.05, 0.1) is 0 Å². The minimum atomic E-state index is -0.833. The summed E-state index contributed by atoms with van der Waals surface area (Å²) in [6, 6.07) is 0. The molecule has 0 heterocycles. The molecular formula is C9H19NO2. The lowest BCUT2D eigenvalue weighted by Crippen LogP contribution is -2.14. The number of hydrogen-bond donors (Lipinski definition) is 2. The Kier molecular flexibility index (Phi) is 14.7. The first kappa shape index (κ1) is 13.7. The predicted molar refractivity (Wildman–Crippen MR) is 51.3 cm³/mol. The molecular weight excluding hydrogens is 154 g/mol. The second kappa shape index (κ2) is 12.8. The van der Waals surface area contributed by atoms with E-state index in [9.17, 15) is 0 Å². The Morgan fingerprint density at radius 2 is 2.17 bits per heavy atom. The highest BCUT2D eigenvalue weighted by Crippen LogP contribution is 1.80. The van der Waals surface area contributed by atoms with Gasteiger partial charge < -0.3 is 10.4 Å². The summed E-state index contributed by atoms with van der Waals surface area (Å²) in [5.41, 5.74) is 0. The van der Waals surface area contributed by atoms with Crippen LogP contribution in [0.25, 0.3) is 0 Å². The highest BCUT2D eigenvalue weighted by molar-refractivity contribution is 5.62. The molecule has 0 rings (SSSR count). The fraction of sp³-hybridized carbons (Fsp3) is 0.667. The van der Waals surface area contributed by atoms with Crippen molar-refractivity contribution in [1.82, 2.24) is 5.32 Å². The van der Waals surface area contributed by atoms with Gasteiger partial charge in [0.25, 0.3) is 5.97 Å². The summed E-state index contributed by atoms with van der Waals surface area (Å²) in [7, 11) is 0. The van der Waals surface area contributed by atoms with E-state index >= 15 is 0 Å². The van der Waals surface area contributed by atoms with Crippen LogP contribution in [0.5, 0.6) is 0 Å². The first-order valence-corrected chi connectivity index (χ1v) is 4.16. The fourth-order valence-electron chi connectivity index (χ4n) is 0.506. The third kappa shape index (κ3) is 35.2. The second-order valence-corrected chi connectivity index (χ2v) is 2.37. The van der Waals surface area contributed by atoms with E-state index in [4.69, 9.17) is 9.90 Å². The molecule has 2 N–H and O–H groups in total.